The fourth-order valence-corrected chi connectivity index (χ4v) is 4.44. The monoisotopic (exact) mass is 262 g/mol. The van der Waals surface area contributed by atoms with Gasteiger partial charge in [0.25, 0.3) is 0 Å². The Morgan fingerprint density at radius 2 is 1.67 bits per heavy atom. The summed E-state index contributed by atoms with van der Waals surface area (Å²) >= 11 is 2.06. The van der Waals surface area contributed by atoms with Gasteiger partial charge in [-0.3, -0.25) is 0 Å². The number of rotatable bonds is 3. The highest BCUT2D eigenvalue weighted by atomic mass is 32.2. The zero-order valence-electron chi connectivity index (χ0n) is 12.1. The van der Waals surface area contributed by atoms with Crippen molar-refractivity contribution in [1.82, 2.24) is 0 Å². The quantitative estimate of drug-likeness (QED) is 0.732. The van der Waals surface area contributed by atoms with Gasteiger partial charge in [0.2, 0.25) is 5.04 Å². The van der Waals surface area contributed by atoms with E-state index in [0.717, 1.165) is 0 Å². The van der Waals surface area contributed by atoms with E-state index in [4.69, 9.17) is 0 Å². The lowest BCUT2D eigenvalue weighted by Crippen LogP contribution is -2.32. The summed E-state index contributed by atoms with van der Waals surface area (Å²) in [6.45, 7) is 11.6. The molecule has 1 nitrogen and oxygen atoms in total. The maximum Gasteiger partial charge on any atom is 0.214 e. The molecule has 18 heavy (non-hydrogen) atoms. The standard InChI is InChI=1S/C16H24NS/c1-11(2)16-17(12(3)4)13(5)15(18-16)14-9-7-6-8-10-14/h6-13,15H,1-5H3/q+1/t13-,15-/m1/s1. The second-order valence-corrected chi connectivity index (χ2v) is 6.85. The molecule has 0 aliphatic carbocycles. The maximum absolute atomic E-state index is 2.60. The Hall–Kier alpha value is -0.760. The first kappa shape index (κ1) is 13.7. The second kappa shape index (κ2) is 5.48. The van der Waals surface area contributed by atoms with E-state index in [-0.39, 0.29) is 0 Å². The zero-order chi connectivity index (χ0) is 13.3. The van der Waals surface area contributed by atoms with Gasteiger partial charge in [-0.25, -0.2) is 4.58 Å². The predicted octanol–water partition coefficient (Wildman–Crippen LogP) is 4.34. The number of hydrogen-bond acceptors (Lipinski definition) is 1. The maximum atomic E-state index is 2.60. The van der Waals surface area contributed by atoms with Crippen LogP contribution in [0.3, 0.4) is 0 Å². The van der Waals surface area contributed by atoms with Crippen molar-refractivity contribution in [2.75, 3.05) is 0 Å². The molecule has 0 N–H and O–H groups in total. The van der Waals surface area contributed by atoms with Gasteiger partial charge in [0.1, 0.15) is 11.3 Å². The summed E-state index contributed by atoms with van der Waals surface area (Å²) < 4.78 is 2.60. The lowest BCUT2D eigenvalue weighted by atomic mass is 10.1. The molecule has 1 aromatic carbocycles. The van der Waals surface area contributed by atoms with Crippen LogP contribution in [0.2, 0.25) is 0 Å². The number of nitrogens with zero attached hydrogens (tertiary/aromatic N) is 1. The van der Waals surface area contributed by atoms with E-state index in [1.165, 1.54) is 5.56 Å². The molecule has 1 aliphatic heterocycles. The SMILES string of the molecule is CC(C)C1=[N+](C(C)C)[C@H](C)[C@H](c2ccccc2)S1. The van der Waals surface area contributed by atoms with Crippen LogP contribution in [-0.2, 0) is 0 Å². The van der Waals surface area contributed by atoms with Gasteiger partial charge in [0.15, 0.2) is 6.04 Å². The van der Waals surface area contributed by atoms with E-state index in [2.05, 4.69) is 81.3 Å². The fraction of sp³-hybridized carbons (Fsp3) is 0.562. The molecular weight excluding hydrogens is 238 g/mol. The molecule has 1 heterocycles. The molecule has 0 unspecified atom stereocenters. The molecule has 2 heteroatoms. The zero-order valence-corrected chi connectivity index (χ0v) is 12.9. The van der Waals surface area contributed by atoms with Crippen LogP contribution < -0.4 is 0 Å². The van der Waals surface area contributed by atoms with Gasteiger partial charge in [0.05, 0.1) is 0 Å². The highest BCUT2D eigenvalue weighted by molar-refractivity contribution is 8.14. The first-order chi connectivity index (χ1) is 8.52. The summed E-state index contributed by atoms with van der Waals surface area (Å²) in [6, 6.07) is 12.1. The van der Waals surface area contributed by atoms with Crippen LogP contribution in [0.15, 0.2) is 30.3 Å². The summed E-state index contributed by atoms with van der Waals surface area (Å²) in [5.74, 6) is 0.619. The summed E-state index contributed by atoms with van der Waals surface area (Å²) in [5.41, 5.74) is 1.45. The Labute approximate surface area is 115 Å². The molecule has 0 radical (unpaired) electrons. The Bertz CT molecular complexity index is 434. The smallest absolute Gasteiger partial charge is 0.214 e. The van der Waals surface area contributed by atoms with Crippen molar-refractivity contribution < 1.29 is 4.58 Å². The summed E-state index contributed by atoms with van der Waals surface area (Å²) in [7, 11) is 0. The Kier molecular flexibility index (Phi) is 4.16. The molecule has 0 saturated heterocycles. The fourth-order valence-electron chi connectivity index (χ4n) is 2.78. The molecule has 0 spiro atoms. The molecule has 0 fully saturated rings. The van der Waals surface area contributed by atoms with Gasteiger partial charge in [-0.1, -0.05) is 44.2 Å². The van der Waals surface area contributed by atoms with Gasteiger partial charge < -0.3 is 0 Å². The Morgan fingerprint density at radius 1 is 1.06 bits per heavy atom. The Balaban J connectivity index is 2.32. The van der Waals surface area contributed by atoms with Crippen molar-refractivity contribution in [2.24, 2.45) is 5.92 Å². The number of benzene rings is 1. The van der Waals surface area contributed by atoms with Crippen molar-refractivity contribution in [3.05, 3.63) is 35.9 Å². The third-order valence-corrected chi connectivity index (χ3v) is 5.40. The minimum atomic E-state index is 0.575. The topological polar surface area (TPSA) is 3.01 Å². The molecular formula is C16H24NS+. The van der Waals surface area contributed by atoms with E-state index in [9.17, 15) is 0 Å². The molecule has 0 amide bonds. The second-order valence-electron chi connectivity index (χ2n) is 5.68. The first-order valence-electron chi connectivity index (χ1n) is 6.89. The van der Waals surface area contributed by atoms with Gasteiger partial charge in [-0.15, -0.1) is 0 Å². The van der Waals surface area contributed by atoms with Crippen molar-refractivity contribution in [3.63, 3.8) is 0 Å². The summed E-state index contributed by atoms with van der Waals surface area (Å²) in [4.78, 5) is 0. The van der Waals surface area contributed by atoms with E-state index < -0.39 is 0 Å². The van der Waals surface area contributed by atoms with Crippen LogP contribution in [0.4, 0.5) is 0 Å². The van der Waals surface area contributed by atoms with Gasteiger partial charge in [-0.2, -0.15) is 0 Å². The third-order valence-electron chi connectivity index (χ3n) is 3.56. The molecule has 1 aromatic rings. The molecule has 1 aliphatic rings. The van der Waals surface area contributed by atoms with Crippen molar-refractivity contribution in [3.8, 4) is 0 Å². The highest BCUT2D eigenvalue weighted by Gasteiger charge is 2.42. The van der Waals surface area contributed by atoms with Crippen LogP contribution in [0.5, 0.6) is 0 Å². The lowest BCUT2D eigenvalue weighted by molar-refractivity contribution is -0.587. The van der Waals surface area contributed by atoms with Crippen LogP contribution in [-0.4, -0.2) is 21.7 Å². The number of hydrogen-bond donors (Lipinski definition) is 0. The molecule has 98 valence electrons. The molecule has 0 saturated carbocycles. The minimum absolute atomic E-state index is 0.575. The van der Waals surface area contributed by atoms with E-state index in [0.29, 0.717) is 23.3 Å². The molecule has 0 aromatic heterocycles. The summed E-state index contributed by atoms with van der Waals surface area (Å²) in [5, 5.41) is 2.12. The largest absolute Gasteiger partial charge is 0.222 e. The van der Waals surface area contributed by atoms with Crippen LogP contribution in [0.1, 0.15) is 45.4 Å². The molecule has 2 atom stereocenters. The van der Waals surface area contributed by atoms with Crippen molar-refractivity contribution in [2.45, 2.75) is 52.0 Å². The van der Waals surface area contributed by atoms with Gasteiger partial charge in [-0.05, 0) is 38.1 Å². The van der Waals surface area contributed by atoms with Crippen LogP contribution in [0.25, 0.3) is 0 Å². The molecule has 0 bridgehead atoms. The predicted molar refractivity (Wildman–Crippen MR) is 81.5 cm³/mol. The number of thioether (sulfide) groups is 1. The van der Waals surface area contributed by atoms with Crippen molar-refractivity contribution >= 4 is 16.8 Å². The average molecular weight is 262 g/mol. The first-order valence-corrected chi connectivity index (χ1v) is 7.77. The Morgan fingerprint density at radius 3 is 2.11 bits per heavy atom. The van der Waals surface area contributed by atoms with Crippen LogP contribution >= 0.6 is 11.8 Å². The van der Waals surface area contributed by atoms with Crippen LogP contribution in [0, 0.1) is 5.92 Å². The minimum Gasteiger partial charge on any atom is -0.222 e. The van der Waals surface area contributed by atoms with Crippen molar-refractivity contribution in [1.29, 1.82) is 0 Å². The van der Waals surface area contributed by atoms with E-state index in [1.54, 1.807) is 5.04 Å². The lowest BCUT2D eigenvalue weighted by Gasteiger charge is -2.15. The van der Waals surface area contributed by atoms with Gasteiger partial charge in [0, 0.05) is 5.92 Å². The molecule has 2 rings (SSSR count). The third kappa shape index (κ3) is 2.49. The highest BCUT2D eigenvalue weighted by Crippen LogP contribution is 2.42. The van der Waals surface area contributed by atoms with E-state index in [1.807, 2.05) is 0 Å². The van der Waals surface area contributed by atoms with Gasteiger partial charge >= 0.3 is 0 Å². The van der Waals surface area contributed by atoms with E-state index >= 15 is 0 Å². The average Bonchev–Trinajstić information content (AvgIpc) is 2.68. The normalized spacial score (nSPS) is 24.4. The summed E-state index contributed by atoms with van der Waals surface area (Å²) in [6.07, 6.45) is 0.